The molecule has 6 nitrogen and oxygen atoms in total. The van der Waals surface area contributed by atoms with Crippen molar-refractivity contribution in [1.82, 2.24) is 9.13 Å². The lowest BCUT2D eigenvalue weighted by atomic mass is 10.1. The van der Waals surface area contributed by atoms with Crippen LogP contribution in [0.25, 0.3) is 10.9 Å². The van der Waals surface area contributed by atoms with Crippen molar-refractivity contribution in [3.05, 3.63) is 74.9 Å². The number of aromatic nitrogens is 2. The molecule has 0 radical (unpaired) electrons. The molecule has 146 valence electrons. The van der Waals surface area contributed by atoms with E-state index < -0.39 is 5.69 Å². The highest BCUT2D eigenvalue weighted by molar-refractivity contribution is 5.91. The molecule has 0 saturated heterocycles. The second-order valence-electron chi connectivity index (χ2n) is 7.30. The van der Waals surface area contributed by atoms with E-state index in [2.05, 4.69) is 5.32 Å². The van der Waals surface area contributed by atoms with Crippen LogP contribution in [0.1, 0.15) is 26.3 Å². The summed E-state index contributed by atoms with van der Waals surface area (Å²) in [5.41, 5.74) is 1.49. The monoisotopic (exact) mass is 379 g/mol. The Bertz CT molecular complexity index is 1130. The number of para-hydroxylation sites is 1. The molecule has 0 unspecified atom stereocenters. The van der Waals surface area contributed by atoms with Gasteiger partial charge in [0.2, 0.25) is 5.91 Å². The molecule has 0 atom stereocenters. The first kappa shape index (κ1) is 19.6. The normalized spacial score (nSPS) is 11.1. The summed E-state index contributed by atoms with van der Waals surface area (Å²) in [6.45, 7) is 6.08. The van der Waals surface area contributed by atoms with Crippen LogP contribution < -0.4 is 16.6 Å². The summed E-state index contributed by atoms with van der Waals surface area (Å²) in [5.74, 6) is -0.180. The molecule has 1 aromatic heterocycles. The predicted molar refractivity (Wildman–Crippen MR) is 112 cm³/mol. The van der Waals surface area contributed by atoms with Gasteiger partial charge in [-0.1, -0.05) is 45.0 Å². The van der Waals surface area contributed by atoms with Gasteiger partial charge in [-0.3, -0.25) is 18.7 Å². The van der Waals surface area contributed by atoms with Crippen molar-refractivity contribution in [2.75, 3.05) is 5.32 Å². The van der Waals surface area contributed by atoms with Crippen LogP contribution in [-0.2, 0) is 24.3 Å². The van der Waals surface area contributed by atoms with Gasteiger partial charge in [-0.2, -0.15) is 0 Å². The molecular weight excluding hydrogens is 354 g/mol. The zero-order valence-corrected chi connectivity index (χ0v) is 16.4. The van der Waals surface area contributed by atoms with Crippen LogP contribution in [0.4, 0.5) is 5.69 Å². The van der Waals surface area contributed by atoms with Crippen LogP contribution in [0.2, 0.25) is 0 Å². The molecule has 1 heterocycles. The lowest BCUT2D eigenvalue weighted by Crippen LogP contribution is -2.42. The van der Waals surface area contributed by atoms with Gasteiger partial charge in [-0.05, 0) is 42.2 Å². The molecule has 1 amide bonds. The predicted octanol–water partition coefficient (Wildman–Crippen LogP) is 3.02. The molecule has 28 heavy (non-hydrogen) atoms. The summed E-state index contributed by atoms with van der Waals surface area (Å²) < 4.78 is 2.59. The first-order valence-electron chi connectivity index (χ1n) is 9.52. The Morgan fingerprint density at radius 3 is 2.50 bits per heavy atom. The maximum absolute atomic E-state index is 13.0. The van der Waals surface area contributed by atoms with Crippen molar-refractivity contribution in [2.24, 2.45) is 5.92 Å². The first-order chi connectivity index (χ1) is 13.4. The van der Waals surface area contributed by atoms with Gasteiger partial charge in [0.25, 0.3) is 5.56 Å². The lowest BCUT2D eigenvalue weighted by Gasteiger charge is -2.15. The second-order valence-corrected chi connectivity index (χ2v) is 7.30. The van der Waals surface area contributed by atoms with Crippen molar-refractivity contribution >= 4 is 22.5 Å². The van der Waals surface area contributed by atoms with Gasteiger partial charge in [-0.25, -0.2) is 4.79 Å². The van der Waals surface area contributed by atoms with Gasteiger partial charge in [0.1, 0.15) is 6.54 Å². The Balaban J connectivity index is 2.01. The van der Waals surface area contributed by atoms with Gasteiger partial charge in [-0.15, -0.1) is 0 Å². The zero-order valence-electron chi connectivity index (χ0n) is 16.4. The van der Waals surface area contributed by atoms with Gasteiger partial charge in [0.05, 0.1) is 10.9 Å². The number of carbonyl (C=O) groups is 1. The molecule has 2 aromatic carbocycles. The summed E-state index contributed by atoms with van der Waals surface area (Å²) in [7, 11) is 0. The highest BCUT2D eigenvalue weighted by Gasteiger charge is 2.16. The van der Waals surface area contributed by atoms with E-state index in [0.717, 1.165) is 12.0 Å². The van der Waals surface area contributed by atoms with Crippen LogP contribution in [0.3, 0.4) is 0 Å². The number of nitrogens with one attached hydrogen (secondary N) is 1. The molecule has 6 heteroatoms. The van der Waals surface area contributed by atoms with Crippen LogP contribution in [0, 0.1) is 5.92 Å². The number of aryl methyl sites for hydroxylation is 1. The molecule has 0 spiro atoms. The minimum Gasteiger partial charge on any atom is -0.325 e. The summed E-state index contributed by atoms with van der Waals surface area (Å²) in [6, 6.07) is 14.5. The van der Waals surface area contributed by atoms with Crippen LogP contribution in [-0.4, -0.2) is 15.0 Å². The van der Waals surface area contributed by atoms with Gasteiger partial charge in [0, 0.05) is 12.2 Å². The maximum Gasteiger partial charge on any atom is 0.331 e. The minimum atomic E-state index is -0.463. The number of benzene rings is 2. The van der Waals surface area contributed by atoms with Crippen LogP contribution in [0.15, 0.2) is 58.1 Å². The highest BCUT2D eigenvalue weighted by Crippen LogP contribution is 2.12. The minimum absolute atomic E-state index is 0.130. The van der Waals surface area contributed by atoms with Gasteiger partial charge < -0.3 is 5.32 Å². The quantitative estimate of drug-likeness (QED) is 0.715. The summed E-state index contributed by atoms with van der Waals surface area (Å²) >= 11 is 0. The number of carbonyl (C=O) groups excluding carboxylic acids is 1. The van der Waals surface area contributed by atoms with Gasteiger partial charge >= 0.3 is 5.69 Å². The summed E-state index contributed by atoms with van der Waals surface area (Å²) in [5, 5.41) is 3.28. The molecule has 1 N–H and O–H groups in total. The third-order valence-corrected chi connectivity index (χ3v) is 4.60. The molecule has 0 saturated carbocycles. The fourth-order valence-electron chi connectivity index (χ4n) is 3.26. The molecule has 0 aliphatic rings. The number of nitrogens with zero attached hydrogens (tertiary/aromatic N) is 2. The van der Waals surface area contributed by atoms with E-state index in [-0.39, 0.29) is 23.9 Å². The van der Waals surface area contributed by atoms with E-state index in [1.807, 2.05) is 45.0 Å². The molecular formula is C22H25N3O3. The number of hydrogen-bond acceptors (Lipinski definition) is 3. The number of rotatable bonds is 6. The Morgan fingerprint density at radius 2 is 1.79 bits per heavy atom. The average Bonchev–Trinajstić information content (AvgIpc) is 2.68. The molecule has 3 rings (SSSR count). The third-order valence-electron chi connectivity index (χ3n) is 4.60. The van der Waals surface area contributed by atoms with E-state index in [9.17, 15) is 14.4 Å². The maximum atomic E-state index is 13.0. The van der Waals surface area contributed by atoms with E-state index >= 15 is 0 Å². The molecule has 0 bridgehead atoms. The Labute approximate surface area is 163 Å². The highest BCUT2D eigenvalue weighted by atomic mass is 16.2. The van der Waals surface area contributed by atoms with E-state index in [1.165, 1.54) is 9.13 Å². The fourth-order valence-corrected chi connectivity index (χ4v) is 3.26. The zero-order chi connectivity index (χ0) is 20.3. The average molecular weight is 379 g/mol. The summed E-state index contributed by atoms with van der Waals surface area (Å²) in [6.07, 6.45) is 0.869. The molecule has 0 aliphatic carbocycles. The van der Waals surface area contributed by atoms with Gasteiger partial charge in [0.15, 0.2) is 0 Å². The third kappa shape index (κ3) is 4.06. The van der Waals surface area contributed by atoms with Crippen LogP contribution in [0.5, 0.6) is 0 Å². The number of hydrogen-bond donors (Lipinski definition) is 1. The second kappa shape index (κ2) is 8.25. The van der Waals surface area contributed by atoms with Crippen LogP contribution >= 0.6 is 0 Å². The topological polar surface area (TPSA) is 73.1 Å². The Kier molecular flexibility index (Phi) is 5.78. The van der Waals surface area contributed by atoms with Crippen molar-refractivity contribution in [2.45, 2.75) is 40.3 Å². The van der Waals surface area contributed by atoms with Crippen molar-refractivity contribution in [3.63, 3.8) is 0 Å². The first-order valence-corrected chi connectivity index (χ1v) is 9.52. The van der Waals surface area contributed by atoms with Crippen molar-refractivity contribution in [1.29, 1.82) is 0 Å². The Hall–Kier alpha value is -3.15. The molecule has 0 fully saturated rings. The SMILES string of the molecule is CCc1cccc(NC(=O)Cn2c(=O)n(CC(C)C)c(=O)c3ccccc32)c1. The molecule has 3 aromatic rings. The number of anilines is 1. The van der Waals surface area contributed by atoms with E-state index in [1.54, 1.807) is 24.3 Å². The smallest absolute Gasteiger partial charge is 0.325 e. The Morgan fingerprint density at radius 1 is 1.04 bits per heavy atom. The van der Waals surface area contributed by atoms with E-state index in [4.69, 9.17) is 0 Å². The number of fused-ring (bicyclic) bond motifs is 1. The van der Waals surface area contributed by atoms with Crippen molar-refractivity contribution < 1.29 is 4.79 Å². The van der Waals surface area contributed by atoms with E-state index in [0.29, 0.717) is 23.1 Å². The van der Waals surface area contributed by atoms with Crippen molar-refractivity contribution in [3.8, 4) is 0 Å². The lowest BCUT2D eigenvalue weighted by molar-refractivity contribution is -0.116. The number of amides is 1. The standard InChI is InChI=1S/C22H25N3O3/c1-4-16-8-7-9-17(12-16)23-20(26)14-24-19-11-6-5-10-18(19)21(27)25(22(24)28)13-15(2)3/h5-12,15H,4,13-14H2,1-3H3,(H,23,26). The fraction of sp³-hybridized carbons (Fsp3) is 0.318. The molecule has 0 aliphatic heterocycles. The summed E-state index contributed by atoms with van der Waals surface area (Å²) in [4.78, 5) is 38.3. The largest absolute Gasteiger partial charge is 0.331 e.